The molecule has 0 amide bonds. The van der Waals surface area contributed by atoms with Crippen LogP contribution in [0.4, 0.5) is 4.39 Å². The minimum absolute atomic E-state index is 0.0662. The Hall–Kier alpha value is -3.49. The van der Waals surface area contributed by atoms with Gasteiger partial charge in [0.1, 0.15) is 18.2 Å². The Labute approximate surface area is 291 Å². The molecular formula is C34H31BrFIN2O6S. The molecular weight excluding hydrogens is 790 g/mol. The maximum absolute atomic E-state index is 14.1. The smallest absolute Gasteiger partial charge is 0.338 e. The third-order valence-corrected chi connectivity index (χ3v) is 9.40. The molecule has 3 aromatic carbocycles. The summed E-state index contributed by atoms with van der Waals surface area (Å²) in [6.45, 7) is 7.55. The molecule has 0 radical (unpaired) electrons. The number of ether oxygens (including phenoxy) is 4. The third-order valence-electron chi connectivity index (χ3n) is 7.03. The van der Waals surface area contributed by atoms with Crippen LogP contribution in [0.3, 0.4) is 0 Å². The number of rotatable bonds is 10. The number of nitrogens with zero attached hydrogens (tertiary/aromatic N) is 2. The van der Waals surface area contributed by atoms with Gasteiger partial charge in [0.25, 0.3) is 5.56 Å². The van der Waals surface area contributed by atoms with Crippen LogP contribution in [0.1, 0.15) is 50.4 Å². The summed E-state index contributed by atoms with van der Waals surface area (Å²) in [5, 5.41) is 0. The number of esters is 1. The van der Waals surface area contributed by atoms with Crippen LogP contribution in [0.2, 0.25) is 0 Å². The van der Waals surface area contributed by atoms with E-state index < -0.39 is 12.0 Å². The Kier molecular flexibility index (Phi) is 10.7. The highest BCUT2D eigenvalue weighted by molar-refractivity contribution is 14.1. The van der Waals surface area contributed by atoms with Gasteiger partial charge in [-0.05, 0) is 114 Å². The number of aromatic nitrogens is 1. The number of carbonyl (C=O) groups is 1. The fraction of sp³-hybridized carbons (Fsp3) is 0.265. The lowest BCUT2D eigenvalue weighted by Crippen LogP contribution is -2.40. The van der Waals surface area contributed by atoms with Crippen molar-refractivity contribution in [3.63, 3.8) is 0 Å². The molecule has 240 valence electrons. The van der Waals surface area contributed by atoms with Gasteiger partial charge in [0.05, 0.1) is 49.7 Å². The number of hydrogen-bond acceptors (Lipinski definition) is 8. The largest absolute Gasteiger partial charge is 0.493 e. The maximum atomic E-state index is 14.1. The molecule has 0 saturated carbocycles. The number of thiazole rings is 1. The topological polar surface area (TPSA) is 88.4 Å². The predicted octanol–water partition coefficient (Wildman–Crippen LogP) is 6.68. The van der Waals surface area contributed by atoms with Crippen molar-refractivity contribution in [2.75, 3.05) is 13.7 Å². The predicted molar refractivity (Wildman–Crippen MR) is 187 cm³/mol. The monoisotopic (exact) mass is 820 g/mol. The van der Waals surface area contributed by atoms with Crippen molar-refractivity contribution in [3.05, 3.63) is 116 Å². The zero-order chi connectivity index (χ0) is 33.1. The van der Waals surface area contributed by atoms with Crippen LogP contribution in [0.25, 0.3) is 6.08 Å². The maximum Gasteiger partial charge on any atom is 0.338 e. The highest BCUT2D eigenvalue weighted by atomic mass is 127. The fourth-order valence-electron chi connectivity index (χ4n) is 5.03. The molecule has 12 heteroatoms. The van der Waals surface area contributed by atoms with Crippen LogP contribution >= 0.6 is 49.9 Å². The molecule has 0 saturated heterocycles. The minimum atomic E-state index is -0.805. The van der Waals surface area contributed by atoms with Crippen molar-refractivity contribution < 1.29 is 28.1 Å². The number of carbonyl (C=O) groups excluding carboxylic acids is 1. The van der Waals surface area contributed by atoms with Gasteiger partial charge in [-0.2, -0.15) is 0 Å². The fourth-order valence-corrected chi connectivity index (χ4v) is 7.85. The van der Waals surface area contributed by atoms with Crippen LogP contribution in [0.15, 0.2) is 80.1 Å². The van der Waals surface area contributed by atoms with E-state index in [4.69, 9.17) is 18.9 Å². The Morgan fingerprint density at radius 3 is 2.61 bits per heavy atom. The number of benzene rings is 3. The summed E-state index contributed by atoms with van der Waals surface area (Å²) in [5.41, 5.74) is 2.26. The molecule has 0 fully saturated rings. The van der Waals surface area contributed by atoms with E-state index in [0.717, 1.165) is 9.13 Å². The number of fused-ring (bicyclic) bond motifs is 1. The molecule has 4 aromatic rings. The van der Waals surface area contributed by atoms with E-state index in [0.29, 0.717) is 47.9 Å². The van der Waals surface area contributed by atoms with E-state index in [2.05, 4.69) is 43.5 Å². The lowest BCUT2D eigenvalue weighted by molar-refractivity contribution is -0.139. The van der Waals surface area contributed by atoms with E-state index in [1.807, 2.05) is 32.0 Å². The summed E-state index contributed by atoms with van der Waals surface area (Å²) in [5.74, 6) is 0.708. The molecule has 1 aliphatic heterocycles. The molecule has 1 aliphatic rings. The molecule has 5 rings (SSSR count). The van der Waals surface area contributed by atoms with Gasteiger partial charge in [-0.25, -0.2) is 14.2 Å². The van der Waals surface area contributed by atoms with Crippen molar-refractivity contribution in [2.45, 2.75) is 46.4 Å². The molecule has 0 N–H and O–H groups in total. The van der Waals surface area contributed by atoms with E-state index in [-0.39, 0.29) is 36.3 Å². The summed E-state index contributed by atoms with van der Waals surface area (Å²) < 4.78 is 40.4. The van der Waals surface area contributed by atoms with Crippen LogP contribution < -0.4 is 29.1 Å². The van der Waals surface area contributed by atoms with Crippen LogP contribution in [-0.2, 0) is 16.1 Å². The average molecular weight is 822 g/mol. The summed E-state index contributed by atoms with van der Waals surface area (Å²) in [4.78, 5) is 32.5. The van der Waals surface area contributed by atoms with E-state index in [9.17, 15) is 14.0 Å². The highest BCUT2D eigenvalue weighted by Crippen LogP contribution is 2.37. The van der Waals surface area contributed by atoms with E-state index in [1.54, 1.807) is 57.4 Å². The van der Waals surface area contributed by atoms with Crippen LogP contribution in [0, 0.1) is 9.39 Å². The van der Waals surface area contributed by atoms with Gasteiger partial charge < -0.3 is 18.9 Å². The Morgan fingerprint density at radius 1 is 1.17 bits per heavy atom. The second-order valence-corrected chi connectivity index (χ2v) is 13.6. The third kappa shape index (κ3) is 7.08. The van der Waals surface area contributed by atoms with Crippen molar-refractivity contribution in [2.24, 2.45) is 4.99 Å². The van der Waals surface area contributed by atoms with E-state index >= 15 is 0 Å². The molecule has 46 heavy (non-hydrogen) atoms. The van der Waals surface area contributed by atoms with Crippen molar-refractivity contribution in [1.82, 2.24) is 4.57 Å². The Balaban J connectivity index is 1.58. The summed E-state index contributed by atoms with van der Waals surface area (Å²) in [7, 11) is 1.54. The average Bonchev–Trinajstić information content (AvgIpc) is 3.30. The molecule has 0 aliphatic carbocycles. The Morgan fingerprint density at radius 2 is 1.93 bits per heavy atom. The highest BCUT2D eigenvalue weighted by Gasteiger charge is 2.34. The van der Waals surface area contributed by atoms with Gasteiger partial charge >= 0.3 is 5.97 Å². The molecule has 0 spiro atoms. The first-order chi connectivity index (χ1) is 22.0. The van der Waals surface area contributed by atoms with Crippen LogP contribution in [0.5, 0.6) is 17.2 Å². The van der Waals surface area contributed by atoms with Crippen LogP contribution in [-0.4, -0.2) is 30.4 Å². The SMILES string of the molecule is CCOC(=O)C1=C(C)N=c2s/c(=C\c3cc(Br)c(OCc4ccccc4F)c(I)c3)c(=O)n2[C@@H]1c1ccc(OC(C)C)c(OC)c1. The van der Waals surface area contributed by atoms with Gasteiger partial charge in [0.15, 0.2) is 16.3 Å². The van der Waals surface area contributed by atoms with Crippen molar-refractivity contribution >= 4 is 61.9 Å². The Bertz CT molecular complexity index is 2000. The van der Waals surface area contributed by atoms with Gasteiger partial charge in [-0.3, -0.25) is 9.36 Å². The zero-order valence-electron chi connectivity index (χ0n) is 25.7. The molecule has 1 aromatic heterocycles. The molecule has 0 bridgehead atoms. The summed E-state index contributed by atoms with van der Waals surface area (Å²) in [6, 6.07) is 14.7. The molecule has 1 atom stereocenters. The second-order valence-electron chi connectivity index (χ2n) is 10.6. The normalized spacial score (nSPS) is 14.6. The summed E-state index contributed by atoms with van der Waals surface area (Å²) >= 11 is 6.96. The van der Waals surface area contributed by atoms with Gasteiger partial charge in [0.2, 0.25) is 0 Å². The number of hydrogen-bond donors (Lipinski definition) is 0. The quantitative estimate of drug-likeness (QED) is 0.131. The molecule has 8 nitrogen and oxygen atoms in total. The van der Waals surface area contributed by atoms with Crippen molar-refractivity contribution in [3.8, 4) is 17.2 Å². The molecule has 2 heterocycles. The van der Waals surface area contributed by atoms with E-state index in [1.165, 1.54) is 22.0 Å². The van der Waals surface area contributed by atoms with Gasteiger partial charge in [0, 0.05) is 5.56 Å². The van der Waals surface area contributed by atoms with Crippen molar-refractivity contribution in [1.29, 1.82) is 0 Å². The zero-order valence-corrected chi connectivity index (χ0v) is 30.3. The lowest BCUT2D eigenvalue weighted by atomic mass is 9.95. The standard InChI is InChI=1S/C34H31BrFIN2O6S/c1-6-43-33(41)29-19(4)38-34-39(30(29)21-11-12-26(45-18(2)3)27(16-21)42-5)32(40)28(46-34)15-20-13-23(35)31(25(37)14-20)44-17-22-9-7-8-10-24(22)36/h7-16,18,30H,6,17H2,1-5H3/b28-15-/t30-/m1/s1. The molecule has 0 unspecified atom stereocenters. The number of methoxy groups -OCH3 is 1. The summed E-state index contributed by atoms with van der Waals surface area (Å²) in [6.07, 6.45) is 1.70. The van der Waals surface area contributed by atoms with Gasteiger partial charge in [-0.15, -0.1) is 0 Å². The number of halogens is 3. The minimum Gasteiger partial charge on any atom is -0.493 e. The second kappa shape index (κ2) is 14.5. The first-order valence-electron chi connectivity index (χ1n) is 14.4. The lowest BCUT2D eigenvalue weighted by Gasteiger charge is -2.25. The first-order valence-corrected chi connectivity index (χ1v) is 17.1. The first kappa shape index (κ1) is 33.9. The number of allylic oxidation sites excluding steroid dienone is 1. The van der Waals surface area contributed by atoms with Gasteiger partial charge in [-0.1, -0.05) is 35.6 Å².